The number of carbonyl (C=O) groups is 1. The Hall–Kier alpha value is -2.22. The van der Waals surface area contributed by atoms with Gasteiger partial charge in [-0.05, 0) is 13.8 Å². The summed E-state index contributed by atoms with van der Waals surface area (Å²) in [4.78, 5) is 33.3. The molecular weight excluding hydrogens is 268 g/mol. The first-order valence-corrected chi connectivity index (χ1v) is 6.04. The van der Waals surface area contributed by atoms with Crippen LogP contribution in [0.3, 0.4) is 0 Å². The minimum absolute atomic E-state index is 0.0787. The summed E-state index contributed by atoms with van der Waals surface area (Å²) in [6.45, 7) is 3.77. The highest BCUT2D eigenvalue weighted by atomic mass is 16.6. The molecule has 0 radical (unpaired) electrons. The van der Waals surface area contributed by atoms with E-state index in [1.165, 1.54) is 6.92 Å². The summed E-state index contributed by atoms with van der Waals surface area (Å²) in [6.07, 6.45) is 1.04. The van der Waals surface area contributed by atoms with E-state index in [2.05, 4.69) is 0 Å². The summed E-state index contributed by atoms with van der Waals surface area (Å²) in [7, 11) is 0. The first kappa shape index (κ1) is 15.8. The number of carbonyl (C=O) groups excluding carboxylic acids is 1. The normalized spacial score (nSPS) is 10.3. The number of hydrogen-bond donors (Lipinski definition) is 0. The van der Waals surface area contributed by atoms with Crippen LogP contribution in [-0.2, 0) is 20.8 Å². The van der Waals surface area contributed by atoms with Crippen molar-refractivity contribution >= 4 is 11.7 Å². The van der Waals surface area contributed by atoms with Gasteiger partial charge in [-0.25, -0.2) is 0 Å². The number of pyridine rings is 1. The van der Waals surface area contributed by atoms with E-state index >= 15 is 0 Å². The Morgan fingerprint density at radius 3 is 2.75 bits per heavy atom. The van der Waals surface area contributed by atoms with E-state index in [-0.39, 0.29) is 31.0 Å². The number of aryl methyl sites for hydroxylation is 1. The maximum atomic E-state index is 11.6. The number of aromatic nitrogens is 1. The molecule has 1 aromatic rings. The lowest BCUT2D eigenvalue weighted by Gasteiger charge is -2.07. The predicted molar refractivity (Wildman–Crippen MR) is 69.5 cm³/mol. The second-order valence-corrected chi connectivity index (χ2v) is 3.98. The molecule has 0 saturated heterocycles. The van der Waals surface area contributed by atoms with Gasteiger partial charge in [0.25, 0.3) is 11.2 Å². The Bertz CT molecular complexity index is 551. The summed E-state index contributed by atoms with van der Waals surface area (Å²) in [6, 6.07) is 1.12. The lowest BCUT2D eigenvalue weighted by Crippen LogP contribution is -2.26. The largest absolute Gasteiger partial charge is 0.462 e. The van der Waals surface area contributed by atoms with Gasteiger partial charge in [-0.3, -0.25) is 24.3 Å². The summed E-state index contributed by atoms with van der Waals surface area (Å²) >= 11 is 0. The fraction of sp³-hybridized carbons (Fsp3) is 0.500. The molecule has 0 aliphatic heterocycles. The number of rotatable bonds is 7. The summed E-state index contributed by atoms with van der Waals surface area (Å²) in [5.74, 6) is -0.648. The standard InChI is InChI=1S/C12H16N2O6/c1-3-19-4-5-20-12(16)8-13-7-10(14(17)18)9(2)6-11(13)15/h6-7H,3-5,8H2,1-2H3. The third kappa shape index (κ3) is 4.47. The molecule has 110 valence electrons. The van der Waals surface area contributed by atoms with Crippen LogP contribution >= 0.6 is 0 Å². The Balaban J connectivity index is 2.72. The molecule has 0 aliphatic rings. The molecule has 20 heavy (non-hydrogen) atoms. The van der Waals surface area contributed by atoms with Gasteiger partial charge in [0.1, 0.15) is 13.2 Å². The van der Waals surface area contributed by atoms with Crippen molar-refractivity contribution in [1.29, 1.82) is 0 Å². The molecule has 1 heterocycles. The van der Waals surface area contributed by atoms with Crippen molar-refractivity contribution in [1.82, 2.24) is 4.57 Å². The molecule has 1 rings (SSSR count). The van der Waals surface area contributed by atoms with Gasteiger partial charge in [-0.1, -0.05) is 0 Å². The van der Waals surface area contributed by atoms with Crippen molar-refractivity contribution in [3.8, 4) is 0 Å². The van der Waals surface area contributed by atoms with Crippen LogP contribution in [0.1, 0.15) is 12.5 Å². The van der Waals surface area contributed by atoms with Gasteiger partial charge < -0.3 is 9.47 Å². The smallest absolute Gasteiger partial charge is 0.326 e. The molecule has 0 N–H and O–H groups in total. The van der Waals surface area contributed by atoms with Gasteiger partial charge in [0.2, 0.25) is 0 Å². The van der Waals surface area contributed by atoms with E-state index in [4.69, 9.17) is 9.47 Å². The zero-order chi connectivity index (χ0) is 15.1. The van der Waals surface area contributed by atoms with Crippen LogP contribution in [0, 0.1) is 17.0 Å². The average molecular weight is 284 g/mol. The Labute approximate surface area is 115 Å². The number of hydrogen-bond acceptors (Lipinski definition) is 6. The van der Waals surface area contributed by atoms with Crippen molar-refractivity contribution in [3.63, 3.8) is 0 Å². The number of ether oxygens (including phenoxy) is 2. The highest BCUT2D eigenvalue weighted by Gasteiger charge is 2.15. The third-order valence-electron chi connectivity index (χ3n) is 2.50. The Kier molecular flexibility index (Phi) is 5.85. The van der Waals surface area contributed by atoms with Gasteiger partial charge in [-0.2, -0.15) is 0 Å². The molecule has 0 atom stereocenters. The van der Waals surface area contributed by atoms with E-state index in [0.717, 1.165) is 16.8 Å². The molecule has 0 unspecified atom stereocenters. The minimum Gasteiger partial charge on any atom is -0.462 e. The lowest BCUT2D eigenvalue weighted by molar-refractivity contribution is -0.385. The lowest BCUT2D eigenvalue weighted by atomic mass is 10.2. The maximum absolute atomic E-state index is 11.6. The maximum Gasteiger partial charge on any atom is 0.326 e. The molecule has 8 nitrogen and oxygen atoms in total. The molecule has 0 aromatic carbocycles. The van der Waals surface area contributed by atoms with E-state index in [1.54, 1.807) is 0 Å². The van der Waals surface area contributed by atoms with Gasteiger partial charge in [0.15, 0.2) is 0 Å². The summed E-state index contributed by atoms with van der Waals surface area (Å²) in [5, 5.41) is 10.8. The monoisotopic (exact) mass is 284 g/mol. The fourth-order valence-corrected chi connectivity index (χ4v) is 1.51. The molecular formula is C12H16N2O6. The second kappa shape index (κ2) is 7.39. The van der Waals surface area contributed by atoms with Gasteiger partial charge >= 0.3 is 5.97 Å². The van der Waals surface area contributed by atoms with Gasteiger partial charge in [0.05, 0.1) is 17.7 Å². The van der Waals surface area contributed by atoms with Crippen LogP contribution < -0.4 is 5.56 Å². The molecule has 0 fully saturated rings. The van der Waals surface area contributed by atoms with E-state index in [9.17, 15) is 19.7 Å². The van der Waals surface area contributed by atoms with Crippen molar-refractivity contribution in [2.24, 2.45) is 0 Å². The SMILES string of the molecule is CCOCCOC(=O)Cn1cc([N+](=O)[O-])c(C)cc1=O. The van der Waals surface area contributed by atoms with E-state index in [1.807, 2.05) is 6.92 Å². The predicted octanol–water partition coefficient (Wildman–Crippen LogP) is 0.645. The van der Waals surface area contributed by atoms with E-state index in [0.29, 0.717) is 6.61 Å². The van der Waals surface area contributed by atoms with Crippen LogP contribution in [0.25, 0.3) is 0 Å². The fourth-order valence-electron chi connectivity index (χ4n) is 1.51. The van der Waals surface area contributed by atoms with E-state index < -0.39 is 16.5 Å². The van der Waals surface area contributed by atoms with Crippen molar-refractivity contribution in [2.75, 3.05) is 19.8 Å². The van der Waals surface area contributed by atoms with Crippen LogP contribution in [0.5, 0.6) is 0 Å². The highest BCUT2D eigenvalue weighted by molar-refractivity contribution is 5.69. The number of nitrogens with zero attached hydrogens (tertiary/aromatic N) is 2. The molecule has 0 amide bonds. The number of nitro groups is 1. The van der Waals surface area contributed by atoms with Crippen LogP contribution in [0.4, 0.5) is 5.69 Å². The first-order chi connectivity index (χ1) is 9.45. The Morgan fingerprint density at radius 2 is 2.15 bits per heavy atom. The Morgan fingerprint density at radius 1 is 1.45 bits per heavy atom. The first-order valence-electron chi connectivity index (χ1n) is 6.04. The minimum atomic E-state index is -0.648. The van der Waals surface area contributed by atoms with Crippen molar-refractivity contribution in [3.05, 3.63) is 38.3 Å². The number of esters is 1. The molecule has 0 spiro atoms. The third-order valence-corrected chi connectivity index (χ3v) is 2.50. The van der Waals surface area contributed by atoms with Crippen molar-refractivity contribution < 1.29 is 19.2 Å². The molecule has 0 bridgehead atoms. The van der Waals surface area contributed by atoms with Crippen molar-refractivity contribution in [2.45, 2.75) is 20.4 Å². The second-order valence-electron chi connectivity index (χ2n) is 3.98. The molecule has 0 saturated carbocycles. The van der Waals surface area contributed by atoms with Crippen LogP contribution in [0.2, 0.25) is 0 Å². The summed E-state index contributed by atoms with van der Waals surface area (Å²) < 4.78 is 10.8. The topological polar surface area (TPSA) is 101 Å². The zero-order valence-corrected chi connectivity index (χ0v) is 11.3. The quantitative estimate of drug-likeness (QED) is 0.315. The van der Waals surface area contributed by atoms with Gasteiger partial charge in [-0.15, -0.1) is 0 Å². The summed E-state index contributed by atoms with van der Waals surface area (Å²) in [5.41, 5.74) is -0.456. The molecule has 0 aliphatic carbocycles. The highest BCUT2D eigenvalue weighted by Crippen LogP contribution is 2.13. The zero-order valence-electron chi connectivity index (χ0n) is 11.3. The van der Waals surface area contributed by atoms with Crippen LogP contribution in [0.15, 0.2) is 17.1 Å². The van der Waals surface area contributed by atoms with Gasteiger partial charge in [0, 0.05) is 18.2 Å². The van der Waals surface area contributed by atoms with Crippen LogP contribution in [-0.4, -0.2) is 35.3 Å². The molecule has 1 aromatic heterocycles. The molecule has 8 heteroatoms. The average Bonchev–Trinajstić information content (AvgIpc) is 2.37.